The molecule has 4 nitrogen and oxygen atoms in total. The summed E-state index contributed by atoms with van der Waals surface area (Å²) < 4.78 is 43.6. The molecule has 0 aromatic rings. The molecule has 122 valence electrons. The number of nitrogens with one attached hydrogen (secondary N) is 1. The number of carbonyl (C=O) groups is 1. The van der Waals surface area contributed by atoms with Crippen LogP contribution in [0.2, 0.25) is 0 Å². The lowest BCUT2D eigenvalue weighted by atomic mass is 9.79. The third-order valence-corrected chi connectivity index (χ3v) is 4.65. The van der Waals surface area contributed by atoms with E-state index in [1.807, 2.05) is 0 Å². The number of hydrogen-bond donors (Lipinski definition) is 2. The lowest BCUT2D eigenvalue weighted by Gasteiger charge is -2.38. The number of halogens is 3. The molecule has 1 heterocycles. The molecule has 0 aromatic carbocycles. The lowest BCUT2D eigenvalue weighted by molar-refractivity contribution is -0.186. The third kappa shape index (κ3) is 4.10. The topological polar surface area (TPSA) is 58.6 Å². The van der Waals surface area contributed by atoms with Crippen molar-refractivity contribution in [3.05, 3.63) is 0 Å². The Labute approximate surface area is 122 Å². The van der Waals surface area contributed by atoms with Crippen LogP contribution in [0, 0.1) is 11.8 Å². The molecule has 2 atom stereocenters. The minimum Gasteiger partial charge on any atom is -0.394 e. The maximum Gasteiger partial charge on any atom is 0.391 e. The van der Waals surface area contributed by atoms with Crippen molar-refractivity contribution in [3.8, 4) is 0 Å². The van der Waals surface area contributed by atoms with E-state index in [2.05, 4.69) is 5.32 Å². The monoisotopic (exact) mass is 309 g/mol. The summed E-state index contributed by atoms with van der Waals surface area (Å²) in [5, 5.41) is 12.3. The van der Waals surface area contributed by atoms with Gasteiger partial charge in [-0.2, -0.15) is 13.2 Å². The van der Waals surface area contributed by atoms with Crippen molar-refractivity contribution < 1.29 is 27.8 Å². The van der Waals surface area contributed by atoms with Crippen LogP contribution in [0.4, 0.5) is 13.2 Å². The number of ether oxygens (including phenoxy) is 1. The summed E-state index contributed by atoms with van der Waals surface area (Å²) in [6.07, 6.45) is -2.39. The van der Waals surface area contributed by atoms with Gasteiger partial charge in [-0.25, -0.2) is 0 Å². The zero-order chi connectivity index (χ0) is 15.5. The minimum atomic E-state index is -4.23. The van der Waals surface area contributed by atoms with Crippen LogP contribution in [0.5, 0.6) is 0 Å². The van der Waals surface area contributed by atoms with Gasteiger partial charge in [-0.1, -0.05) is 6.42 Å². The zero-order valence-corrected chi connectivity index (χ0v) is 11.9. The molecular formula is C14H22F3NO3. The normalized spacial score (nSPS) is 29.9. The second-order valence-electron chi connectivity index (χ2n) is 6.14. The number of rotatable bonds is 3. The highest BCUT2D eigenvalue weighted by atomic mass is 19.4. The fourth-order valence-corrected chi connectivity index (χ4v) is 3.17. The van der Waals surface area contributed by atoms with Gasteiger partial charge in [0, 0.05) is 19.1 Å². The second-order valence-corrected chi connectivity index (χ2v) is 6.14. The van der Waals surface area contributed by atoms with Gasteiger partial charge in [0.15, 0.2) is 0 Å². The standard InChI is InChI=1S/C14H22F3NO3/c15-14(16,17)11-3-1-2-10(8-11)12(20)18-13(9-19)4-6-21-7-5-13/h10-11,19H,1-9H2,(H,18,20). The molecule has 2 rings (SSSR count). The highest BCUT2D eigenvalue weighted by Crippen LogP contribution is 2.40. The SMILES string of the molecule is O=C(NC1(CO)CCOCC1)C1CCCC(C(F)(F)F)C1. The Morgan fingerprint density at radius 1 is 1.29 bits per heavy atom. The van der Waals surface area contributed by atoms with Gasteiger partial charge in [0.1, 0.15) is 0 Å². The Morgan fingerprint density at radius 2 is 1.95 bits per heavy atom. The Kier molecular flexibility index (Phi) is 5.14. The molecule has 7 heteroatoms. The Morgan fingerprint density at radius 3 is 2.52 bits per heavy atom. The molecule has 0 spiro atoms. The van der Waals surface area contributed by atoms with Gasteiger partial charge >= 0.3 is 6.18 Å². The van der Waals surface area contributed by atoms with Gasteiger partial charge in [0.25, 0.3) is 0 Å². The van der Waals surface area contributed by atoms with Crippen LogP contribution in [-0.4, -0.2) is 42.5 Å². The van der Waals surface area contributed by atoms with Gasteiger partial charge < -0.3 is 15.2 Å². The highest BCUT2D eigenvalue weighted by molar-refractivity contribution is 5.79. The molecular weight excluding hydrogens is 287 g/mol. The number of hydrogen-bond acceptors (Lipinski definition) is 3. The number of aliphatic hydroxyl groups excluding tert-OH is 1. The summed E-state index contributed by atoms with van der Waals surface area (Å²) in [5.74, 6) is -2.36. The first-order valence-electron chi connectivity index (χ1n) is 7.44. The van der Waals surface area contributed by atoms with E-state index in [1.165, 1.54) is 0 Å². The first kappa shape index (κ1) is 16.5. The smallest absolute Gasteiger partial charge is 0.391 e. The highest BCUT2D eigenvalue weighted by Gasteiger charge is 2.44. The van der Waals surface area contributed by atoms with Gasteiger partial charge in [-0.3, -0.25) is 4.79 Å². The van der Waals surface area contributed by atoms with Gasteiger partial charge in [-0.05, 0) is 32.1 Å². The predicted molar refractivity (Wildman–Crippen MR) is 69.5 cm³/mol. The molecule has 2 N–H and O–H groups in total. The molecule has 2 unspecified atom stereocenters. The molecule has 2 aliphatic rings. The largest absolute Gasteiger partial charge is 0.394 e. The number of aliphatic hydroxyl groups is 1. The predicted octanol–water partition coefficient (Wildman–Crippen LogP) is 2.01. The number of alkyl halides is 3. The van der Waals surface area contributed by atoms with Gasteiger partial charge in [-0.15, -0.1) is 0 Å². The van der Waals surface area contributed by atoms with Crippen molar-refractivity contribution in [1.82, 2.24) is 5.32 Å². The van der Waals surface area contributed by atoms with E-state index in [0.29, 0.717) is 38.9 Å². The van der Waals surface area contributed by atoms with Gasteiger partial charge in [0.2, 0.25) is 5.91 Å². The Hall–Kier alpha value is -0.820. The molecule has 0 bridgehead atoms. The average Bonchev–Trinajstić information content (AvgIpc) is 2.47. The summed E-state index contributed by atoms with van der Waals surface area (Å²) >= 11 is 0. The van der Waals surface area contributed by atoms with E-state index in [1.54, 1.807) is 0 Å². The van der Waals surface area contributed by atoms with E-state index in [0.717, 1.165) is 0 Å². The van der Waals surface area contributed by atoms with Crippen LogP contribution < -0.4 is 5.32 Å². The maximum atomic E-state index is 12.8. The quantitative estimate of drug-likeness (QED) is 0.838. The summed E-state index contributed by atoms with van der Waals surface area (Å²) in [6, 6.07) is 0. The van der Waals surface area contributed by atoms with E-state index >= 15 is 0 Å². The van der Waals surface area contributed by atoms with Crippen molar-refractivity contribution in [3.63, 3.8) is 0 Å². The molecule has 1 amide bonds. The third-order valence-electron chi connectivity index (χ3n) is 4.65. The lowest BCUT2D eigenvalue weighted by Crippen LogP contribution is -2.56. The maximum absolute atomic E-state index is 12.8. The molecule has 0 aromatic heterocycles. The van der Waals surface area contributed by atoms with Crippen LogP contribution in [-0.2, 0) is 9.53 Å². The van der Waals surface area contributed by atoms with Crippen LogP contribution in [0.1, 0.15) is 38.5 Å². The van der Waals surface area contributed by atoms with Crippen molar-refractivity contribution >= 4 is 5.91 Å². The molecule has 0 radical (unpaired) electrons. The van der Waals surface area contributed by atoms with E-state index in [9.17, 15) is 23.1 Å². The Balaban J connectivity index is 1.96. The van der Waals surface area contributed by atoms with Crippen LogP contribution in [0.3, 0.4) is 0 Å². The van der Waals surface area contributed by atoms with Crippen molar-refractivity contribution in [2.75, 3.05) is 19.8 Å². The summed E-state index contributed by atoms with van der Waals surface area (Å²) in [6.45, 7) is 0.672. The van der Waals surface area contributed by atoms with E-state index in [4.69, 9.17) is 4.74 Å². The number of carbonyl (C=O) groups excluding carboxylic acids is 1. The fourth-order valence-electron chi connectivity index (χ4n) is 3.17. The van der Waals surface area contributed by atoms with Crippen LogP contribution in [0.25, 0.3) is 0 Å². The Bertz CT molecular complexity index is 367. The molecule has 2 fully saturated rings. The van der Waals surface area contributed by atoms with Crippen molar-refractivity contribution in [2.24, 2.45) is 11.8 Å². The van der Waals surface area contributed by atoms with E-state index in [-0.39, 0.29) is 25.4 Å². The molecule has 21 heavy (non-hydrogen) atoms. The first-order valence-corrected chi connectivity index (χ1v) is 7.44. The molecule has 1 saturated carbocycles. The summed E-state index contributed by atoms with van der Waals surface area (Å²) in [4.78, 5) is 12.3. The second kappa shape index (κ2) is 6.52. The van der Waals surface area contributed by atoms with Crippen LogP contribution in [0.15, 0.2) is 0 Å². The minimum absolute atomic E-state index is 0.103. The average molecular weight is 309 g/mol. The van der Waals surface area contributed by atoms with Crippen molar-refractivity contribution in [1.29, 1.82) is 0 Å². The number of amides is 1. The molecule has 1 aliphatic carbocycles. The van der Waals surface area contributed by atoms with Gasteiger partial charge in [0.05, 0.1) is 18.1 Å². The first-order chi connectivity index (χ1) is 9.86. The van der Waals surface area contributed by atoms with Crippen LogP contribution >= 0.6 is 0 Å². The summed E-state index contributed by atoms with van der Waals surface area (Å²) in [7, 11) is 0. The molecule has 1 saturated heterocycles. The fraction of sp³-hybridized carbons (Fsp3) is 0.929. The van der Waals surface area contributed by atoms with Crippen molar-refractivity contribution in [2.45, 2.75) is 50.2 Å². The summed E-state index contributed by atoms with van der Waals surface area (Å²) in [5.41, 5.74) is -0.736. The molecule has 1 aliphatic heterocycles. The zero-order valence-electron chi connectivity index (χ0n) is 11.9. The van der Waals surface area contributed by atoms with E-state index < -0.39 is 23.6 Å².